The summed E-state index contributed by atoms with van der Waals surface area (Å²) in [7, 11) is -25.2. The van der Waals surface area contributed by atoms with Crippen LogP contribution in [0.1, 0.15) is 0 Å². The molecule has 0 saturated heterocycles. The zero-order chi connectivity index (χ0) is 23.9. The van der Waals surface area contributed by atoms with Crippen molar-refractivity contribution in [3.05, 3.63) is 12.8 Å². The molecule has 0 heterocycles. The molecule has 0 fully saturated rings. The van der Waals surface area contributed by atoms with Crippen LogP contribution in [0.25, 0.3) is 0 Å². The molecule has 170 valence electrons. The van der Waals surface area contributed by atoms with Gasteiger partial charge in [-0.1, -0.05) is 6.58 Å². The van der Waals surface area contributed by atoms with Gasteiger partial charge in [0.05, 0.1) is 6.26 Å². The van der Waals surface area contributed by atoms with Gasteiger partial charge in [-0.25, -0.2) is 20.5 Å². The zero-order valence-corrected chi connectivity index (χ0v) is 17.3. The minimum atomic E-state index is -5.11. The molecule has 14 N–H and O–H groups in total. The Balaban J connectivity index is -0.0000000753. The first-order valence-corrected chi connectivity index (χ1v) is 13.5. The summed E-state index contributed by atoms with van der Waals surface area (Å²) in [6, 6.07) is 0. The van der Waals surface area contributed by atoms with Gasteiger partial charge in [-0.2, -0.15) is 0 Å². The third-order valence-corrected chi connectivity index (χ3v) is 0.700. The normalized spacial score (nSPS) is 11.7. The van der Waals surface area contributed by atoms with E-state index in [2.05, 4.69) is 11.0 Å². The van der Waals surface area contributed by atoms with Crippen LogP contribution in [0, 0.1) is 0 Å². The Morgan fingerprint density at radius 1 is 0.481 bits per heavy atom. The molecule has 0 radical (unpaired) electrons. The predicted molar refractivity (Wildman–Crippen MR) is 76.7 cm³/mol. The predicted octanol–water partition coefficient (Wildman–Crippen LogP) is -6.99. The van der Waals surface area contributed by atoms with Crippen molar-refractivity contribution < 1.29 is 92.1 Å². The maximum Gasteiger partial charge on any atom is 0.785 e. The highest BCUT2D eigenvalue weighted by molar-refractivity contribution is 6.49. The fraction of sp³-hybridized carbons (Fsp3) is 0. The number of hydrogen-bond acceptors (Lipinski definition) is 15. The topological polar surface area (TPSA) is 292 Å². The fourth-order valence-corrected chi connectivity index (χ4v) is 0.318. The maximum absolute atomic E-state index is 11.3. The molecular formula is C2H17F5O15Si5. The van der Waals surface area contributed by atoms with E-state index in [4.69, 9.17) is 67.1 Å². The van der Waals surface area contributed by atoms with E-state index in [-0.39, 0.29) is 0 Å². The van der Waals surface area contributed by atoms with Crippen LogP contribution in [0.5, 0.6) is 0 Å². The van der Waals surface area contributed by atoms with E-state index >= 15 is 0 Å². The molecule has 0 amide bonds. The van der Waals surface area contributed by atoms with E-state index in [1.54, 1.807) is 0 Å². The Hall–Kier alpha value is -0.286. The van der Waals surface area contributed by atoms with Crippen molar-refractivity contribution >= 4 is 45.7 Å². The van der Waals surface area contributed by atoms with Gasteiger partial charge in [0.1, 0.15) is 0 Å². The summed E-state index contributed by atoms with van der Waals surface area (Å²) in [6.45, 7) is 2.90. The molecule has 0 aliphatic heterocycles. The third-order valence-electron chi connectivity index (χ3n) is 0.233. The summed E-state index contributed by atoms with van der Waals surface area (Å²) in [4.78, 5) is 101. The molecule has 0 aliphatic rings. The standard InChI is InChI=1S/C2H5FO3Si.4FH3O3Si/c1-2-6-7(3,4)5;4*1-5(2,3)4/h2,4-5H,1H2;4*2-4H. The summed E-state index contributed by atoms with van der Waals surface area (Å²) in [6.07, 6.45) is 0.645. The average molecular weight is 517 g/mol. The molecule has 27 heavy (non-hydrogen) atoms. The molecule has 0 atom stereocenters. The molecule has 0 aromatic carbocycles. The Bertz CT molecular complexity index is 269. The van der Waals surface area contributed by atoms with Crippen LogP contribution in [-0.2, 0) is 4.43 Å². The molecule has 0 aromatic heterocycles. The van der Waals surface area contributed by atoms with Crippen LogP contribution in [0.2, 0.25) is 0 Å². The van der Waals surface area contributed by atoms with E-state index in [1.165, 1.54) is 0 Å². The Kier molecular flexibility index (Phi) is 21.7. The Morgan fingerprint density at radius 3 is 0.593 bits per heavy atom. The summed E-state index contributed by atoms with van der Waals surface area (Å²) < 4.78 is 56.9. The molecule has 0 spiro atoms. The smallest absolute Gasteiger partial charge is 0.485 e. The molecule has 15 nitrogen and oxygen atoms in total. The minimum absolute atomic E-state index is 0.645. The van der Waals surface area contributed by atoms with E-state index in [0.717, 1.165) is 0 Å². The van der Waals surface area contributed by atoms with Crippen LogP contribution in [0.15, 0.2) is 12.8 Å². The summed E-state index contributed by atoms with van der Waals surface area (Å²) in [5, 5.41) is 0. The second-order valence-corrected chi connectivity index (χ2v) is 8.75. The lowest BCUT2D eigenvalue weighted by atomic mass is 11.2. The second kappa shape index (κ2) is 15.6. The van der Waals surface area contributed by atoms with Crippen LogP contribution in [0.4, 0.5) is 20.5 Å². The monoisotopic (exact) mass is 516 g/mol. The number of halogens is 5. The molecule has 0 aliphatic carbocycles. The fourth-order valence-electron chi connectivity index (χ4n) is 0.106. The zero-order valence-electron chi connectivity index (χ0n) is 12.3. The van der Waals surface area contributed by atoms with Crippen molar-refractivity contribution in [1.29, 1.82) is 0 Å². The van der Waals surface area contributed by atoms with Crippen LogP contribution in [0.3, 0.4) is 0 Å². The molecule has 0 unspecified atom stereocenters. The number of hydrogen-bond donors (Lipinski definition) is 14. The first-order valence-electron chi connectivity index (χ1n) is 4.92. The van der Waals surface area contributed by atoms with E-state index in [9.17, 15) is 20.5 Å². The average Bonchev–Trinajstić information content (AvgIpc) is 2.01. The van der Waals surface area contributed by atoms with Crippen LogP contribution < -0.4 is 0 Å². The lowest BCUT2D eigenvalue weighted by Gasteiger charge is -2.01. The highest BCUT2D eigenvalue weighted by Gasteiger charge is 2.35. The van der Waals surface area contributed by atoms with Crippen molar-refractivity contribution in [3.8, 4) is 0 Å². The first kappa shape index (κ1) is 37.5. The maximum atomic E-state index is 11.3. The van der Waals surface area contributed by atoms with Crippen molar-refractivity contribution in [2.75, 3.05) is 0 Å². The molecule has 0 aromatic rings. The van der Waals surface area contributed by atoms with E-state index in [1.807, 2.05) is 0 Å². The van der Waals surface area contributed by atoms with Crippen molar-refractivity contribution in [3.63, 3.8) is 0 Å². The number of rotatable bonds is 2. The van der Waals surface area contributed by atoms with Crippen molar-refractivity contribution in [2.24, 2.45) is 0 Å². The molecule has 0 saturated carbocycles. The first-order chi connectivity index (χ1) is 11.1. The van der Waals surface area contributed by atoms with E-state index in [0.29, 0.717) is 6.26 Å². The van der Waals surface area contributed by atoms with Gasteiger partial charge in [0.15, 0.2) is 0 Å². The largest absolute Gasteiger partial charge is 0.785 e. The van der Waals surface area contributed by atoms with E-state index < -0.39 is 45.7 Å². The van der Waals surface area contributed by atoms with Gasteiger partial charge in [0.2, 0.25) is 0 Å². The van der Waals surface area contributed by atoms with Crippen LogP contribution >= 0.6 is 0 Å². The highest BCUT2D eigenvalue weighted by atomic mass is 28.4. The molecular weight excluding hydrogens is 499 g/mol. The van der Waals surface area contributed by atoms with Gasteiger partial charge >= 0.3 is 45.7 Å². The highest BCUT2D eigenvalue weighted by Crippen LogP contribution is 1.94. The quantitative estimate of drug-likeness (QED) is 0.0702. The summed E-state index contributed by atoms with van der Waals surface area (Å²) in [5.74, 6) is 0. The van der Waals surface area contributed by atoms with Gasteiger partial charge in [0.25, 0.3) is 0 Å². The van der Waals surface area contributed by atoms with Crippen molar-refractivity contribution in [1.82, 2.24) is 0 Å². The molecule has 0 rings (SSSR count). The van der Waals surface area contributed by atoms with Crippen LogP contribution in [-0.4, -0.2) is 113 Å². The van der Waals surface area contributed by atoms with Gasteiger partial charge in [-0.05, 0) is 0 Å². The Morgan fingerprint density at radius 2 is 0.593 bits per heavy atom. The van der Waals surface area contributed by atoms with Gasteiger partial charge < -0.3 is 71.6 Å². The molecule has 0 bridgehead atoms. The lowest BCUT2D eigenvalue weighted by molar-refractivity contribution is 0.150. The van der Waals surface area contributed by atoms with Gasteiger partial charge in [-0.15, -0.1) is 0 Å². The Labute approximate surface area is 151 Å². The van der Waals surface area contributed by atoms with Gasteiger partial charge in [-0.3, -0.25) is 0 Å². The molecule has 25 heteroatoms. The second-order valence-electron chi connectivity index (χ2n) is 3.03. The lowest BCUT2D eigenvalue weighted by Crippen LogP contribution is -2.30. The summed E-state index contributed by atoms with van der Waals surface area (Å²) in [5.41, 5.74) is 0. The minimum Gasteiger partial charge on any atom is -0.485 e. The third kappa shape index (κ3) is 1050. The summed E-state index contributed by atoms with van der Waals surface area (Å²) >= 11 is 0. The SMILES string of the molecule is C=CO[Si](O)(O)F.O[Si](O)(O)F.O[Si](O)(O)F.O[Si](O)(O)F.O[Si](O)(O)F. The van der Waals surface area contributed by atoms with Gasteiger partial charge in [0, 0.05) is 0 Å². The van der Waals surface area contributed by atoms with Crippen molar-refractivity contribution in [2.45, 2.75) is 0 Å².